The first kappa shape index (κ1) is 14.0. The van der Waals surface area contributed by atoms with Crippen LogP contribution in [-0.2, 0) is 5.60 Å². The van der Waals surface area contributed by atoms with E-state index in [4.69, 9.17) is 9.72 Å². The number of hydrogen-bond donors (Lipinski definition) is 2. The molecule has 4 rings (SSSR count). The van der Waals surface area contributed by atoms with Gasteiger partial charge in [0, 0.05) is 18.4 Å². The summed E-state index contributed by atoms with van der Waals surface area (Å²) in [7, 11) is 1.65. The Morgan fingerprint density at radius 2 is 2.22 bits per heavy atom. The molecule has 0 amide bonds. The molecule has 1 aliphatic rings. The third-order valence-corrected chi connectivity index (χ3v) is 4.35. The summed E-state index contributed by atoms with van der Waals surface area (Å²) in [5.41, 5.74) is 0.495. The Labute approximate surface area is 132 Å². The zero-order valence-corrected chi connectivity index (χ0v) is 12.7. The van der Waals surface area contributed by atoms with Gasteiger partial charge < -0.3 is 14.7 Å². The second-order valence-corrected chi connectivity index (χ2v) is 5.79. The van der Waals surface area contributed by atoms with Crippen LogP contribution < -0.4 is 9.64 Å². The van der Waals surface area contributed by atoms with Crippen LogP contribution in [0, 0.1) is 0 Å². The molecule has 0 aliphatic carbocycles. The highest BCUT2D eigenvalue weighted by molar-refractivity contribution is 5.81. The highest BCUT2D eigenvalue weighted by Gasteiger charge is 2.40. The number of rotatable bonds is 3. The van der Waals surface area contributed by atoms with Gasteiger partial charge in [-0.25, -0.2) is 4.98 Å². The molecular formula is C16H17N5O2. The lowest BCUT2D eigenvalue weighted by molar-refractivity contribution is 0.0559. The molecule has 118 valence electrons. The largest absolute Gasteiger partial charge is 0.497 e. The number of anilines is 1. The van der Waals surface area contributed by atoms with Gasteiger partial charge in [0.2, 0.25) is 0 Å². The van der Waals surface area contributed by atoms with Gasteiger partial charge in [0.15, 0.2) is 0 Å². The Balaban J connectivity index is 1.63. The molecular weight excluding hydrogens is 294 g/mol. The highest BCUT2D eigenvalue weighted by Crippen LogP contribution is 2.33. The van der Waals surface area contributed by atoms with E-state index in [1.807, 2.05) is 30.3 Å². The minimum absolute atomic E-state index is 0.453. The third kappa shape index (κ3) is 2.39. The Kier molecular flexibility index (Phi) is 3.16. The van der Waals surface area contributed by atoms with Crippen LogP contribution in [0.3, 0.4) is 0 Å². The van der Waals surface area contributed by atoms with Crippen molar-refractivity contribution in [2.24, 2.45) is 0 Å². The van der Waals surface area contributed by atoms with Crippen LogP contribution in [0.2, 0.25) is 0 Å². The van der Waals surface area contributed by atoms with Crippen LogP contribution in [0.1, 0.15) is 12.1 Å². The minimum atomic E-state index is -0.983. The summed E-state index contributed by atoms with van der Waals surface area (Å²) in [4.78, 5) is 6.76. The Morgan fingerprint density at radius 3 is 3.00 bits per heavy atom. The number of nitrogens with one attached hydrogen (secondary N) is 1. The van der Waals surface area contributed by atoms with Gasteiger partial charge in [-0.15, -0.1) is 0 Å². The summed E-state index contributed by atoms with van der Waals surface area (Å²) >= 11 is 0. The number of H-pyrrole nitrogens is 1. The number of benzene rings is 1. The van der Waals surface area contributed by atoms with Crippen LogP contribution in [0.15, 0.2) is 36.5 Å². The first-order chi connectivity index (χ1) is 11.2. The fourth-order valence-electron chi connectivity index (χ4n) is 3.02. The number of methoxy groups -OCH3 is 1. The van der Waals surface area contributed by atoms with Crippen LogP contribution in [-0.4, -0.2) is 45.7 Å². The van der Waals surface area contributed by atoms with E-state index in [9.17, 15) is 5.11 Å². The summed E-state index contributed by atoms with van der Waals surface area (Å²) < 4.78 is 5.23. The van der Waals surface area contributed by atoms with Crippen molar-refractivity contribution in [3.8, 4) is 5.75 Å². The van der Waals surface area contributed by atoms with Crippen molar-refractivity contribution in [1.29, 1.82) is 0 Å². The first-order valence-electron chi connectivity index (χ1n) is 7.46. The van der Waals surface area contributed by atoms with Crippen molar-refractivity contribution in [2.75, 3.05) is 25.1 Å². The van der Waals surface area contributed by atoms with E-state index < -0.39 is 5.60 Å². The van der Waals surface area contributed by atoms with Gasteiger partial charge in [-0.05, 0) is 30.3 Å². The predicted octanol–water partition coefficient (Wildman–Crippen LogP) is 1.46. The molecule has 2 aromatic heterocycles. The number of ether oxygens (including phenoxy) is 1. The normalized spacial score (nSPS) is 21.0. The predicted molar refractivity (Wildman–Crippen MR) is 85.4 cm³/mol. The van der Waals surface area contributed by atoms with Gasteiger partial charge in [-0.1, -0.05) is 0 Å². The third-order valence-electron chi connectivity index (χ3n) is 4.35. The maximum atomic E-state index is 10.8. The van der Waals surface area contributed by atoms with Crippen molar-refractivity contribution in [2.45, 2.75) is 12.0 Å². The van der Waals surface area contributed by atoms with Crippen molar-refractivity contribution in [3.05, 3.63) is 42.2 Å². The van der Waals surface area contributed by atoms with Gasteiger partial charge in [-0.2, -0.15) is 15.4 Å². The lowest BCUT2D eigenvalue weighted by Gasteiger charge is -2.22. The van der Waals surface area contributed by atoms with E-state index in [0.717, 1.165) is 29.0 Å². The molecule has 1 aromatic carbocycles. The van der Waals surface area contributed by atoms with E-state index in [1.54, 1.807) is 13.3 Å². The molecule has 0 radical (unpaired) electrons. The number of aromatic amines is 1. The average molecular weight is 311 g/mol. The lowest BCUT2D eigenvalue weighted by atomic mass is 10.0. The zero-order chi connectivity index (χ0) is 15.9. The zero-order valence-electron chi connectivity index (χ0n) is 12.7. The number of pyridine rings is 1. The highest BCUT2D eigenvalue weighted by atomic mass is 16.5. The van der Waals surface area contributed by atoms with Crippen LogP contribution >= 0.6 is 0 Å². The van der Waals surface area contributed by atoms with Gasteiger partial charge in [0.25, 0.3) is 0 Å². The molecule has 3 heterocycles. The summed E-state index contributed by atoms with van der Waals surface area (Å²) in [6.07, 6.45) is 2.17. The summed E-state index contributed by atoms with van der Waals surface area (Å²) in [5.74, 6) is 1.66. The van der Waals surface area contributed by atoms with Gasteiger partial charge >= 0.3 is 0 Å². The Hall–Kier alpha value is -2.67. The van der Waals surface area contributed by atoms with E-state index in [2.05, 4.69) is 20.3 Å². The molecule has 1 aliphatic heterocycles. The number of aromatic nitrogens is 4. The van der Waals surface area contributed by atoms with Gasteiger partial charge in [-0.3, -0.25) is 0 Å². The second kappa shape index (κ2) is 5.20. The number of nitrogens with zero attached hydrogens (tertiary/aromatic N) is 4. The molecule has 3 aromatic rings. The first-order valence-corrected chi connectivity index (χ1v) is 7.46. The van der Waals surface area contributed by atoms with E-state index >= 15 is 0 Å². The summed E-state index contributed by atoms with van der Waals surface area (Å²) in [6.45, 7) is 1.17. The molecule has 23 heavy (non-hydrogen) atoms. The Morgan fingerprint density at radius 1 is 1.30 bits per heavy atom. The number of β-amino-alcohol motifs (C(OH)–C–C–N with tert-alkyl or cyclic N) is 1. The van der Waals surface area contributed by atoms with E-state index in [-0.39, 0.29) is 0 Å². The molecule has 0 spiro atoms. The monoisotopic (exact) mass is 311 g/mol. The fourth-order valence-corrected chi connectivity index (χ4v) is 3.02. The van der Waals surface area contributed by atoms with Gasteiger partial charge in [0.05, 0.1) is 25.4 Å². The molecule has 1 unspecified atom stereocenters. The topological polar surface area (TPSA) is 87.2 Å². The standard InChI is InChI=1S/C16H17N5O2/c1-23-12-3-4-13-11(8-12)2-5-15(18-13)21-7-6-16(22,10-21)14-9-17-20-19-14/h2-5,8-9,22H,6-7,10H2,1H3,(H,17,19,20). The molecule has 1 saturated heterocycles. The smallest absolute Gasteiger partial charge is 0.129 e. The average Bonchev–Trinajstić information content (AvgIpc) is 3.24. The number of aliphatic hydroxyl groups is 1. The molecule has 7 nitrogen and oxygen atoms in total. The SMILES string of the molecule is COc1ccc2nc(N3CCC(O)(c4cn[nH]n4)C3)ccc2c1. The van der Waals surface area contributed by atoms with Crippen LogP contribution in [0.4, 0.5) is 5.82 Å². The maximum absolute atomic E-state index is 10.8. The van der Waals surface area contributed by atoms with Crippen molar-refractivity contribution in [3.63, 3.8) is 0 Å². The Bertz CT molecular complexity index is 836. The summed E-state index contributed by atoms with van der Waals surface area (Å²) in [6, 6.07) is 9.79. The molecule has 0 saturated carbocycles. The maximum Gasteiger partial charge on any atom is 0.129 e. The van der Waals surface area contributed by atoms with Crippen molar-refractivity contribution < 1.29 is 9.84 Å². The van der Waals surface area contributed by atoms with Crippen LogP contribution in [0.5, 0.6) is 5.75 Å². The van der Waals surface area contributed by atoms with Crippen molar-refractivity contribution in [1.82, 2.24) is 20.4 Å². The van der Waals surface area contributed by atoms with E-state index in [0.29, 0.717) is 18.7 Å². The fraction of sp³-hybridized carbons (Fsp3) is 0.312. The van der Waals surface area contributed by atoms with E-state index in [1.165, 1.54) is 0 Å². The van der Waals surface area contributed by atoms with Crippen molar-refractivity contribution >= 4 is 16.7 Å². The quantitative estimate of drug-likeness (QED) is 0.761. The number of fused-ring (bicyclic) bond motifs is 1. The van der Waals surface area contributed by atoms with Gasteiger partial charge in [0.1, 0.15) is 22.9 Å². The molecule has 2 N–H and O–H groups in total. The molecule has 0 bridgehead atoms. The lowest BCUT2D eigenvalue weighted by Crippen LogP contribution is -2.31. The molecule has 7 heteroatoms. The molecule has 1 fully saturated rings. The number of hydrogen-bond acceptors (Lipinski definition) is 6. The molecule has 1 atom stereocenters. The van der Waals surface area contributed by atoms with Crippen LogP contribution in [0.25, 0.3) is 10.9 Å². The second-order valence-electron chi connectivity index (χ2n) is 5.79. The summed E-state index contributed by atoms with van der Waals surface area (Å²) in [5, 5.41) is 22.1. The minimum Gasteiger partial charge on any atom is -0.497 e.